The predicted molar refractivity (Wildman–Crippen MR) is 98.1 cm³/mol. The molecule has 132 valence electrons. The third kappa shape index (κ3) is 4.40. The molecule has 1 aliphatic rings. The van der Waals surface area contributed by atoms with Gasteiger partial charge in [0.1, 0.15) is 12.4 Å². The van der Waals surface area contributed by atoms with Gasteiger partial charge >= 0.3 is 5.97 Å². The van der Waals surface area contributed by atoms with Crippen LogP contribution in [0.3, 0.4) is 0 Å². The predicted octanol–water partition coefficient (Wildman–Crippen LogP) is 3.39. The number of ether oxygens (including phenoxy) is 2. The highest BCUT2D eigenvalue weighted by Gasteiger charge is 2.25. The Morgan fingerprint density at radius 3 is 2.80 bits per heavy atom. The molecule has 4 nitrogen and oxygen atoms in total. The number of carbonyl (C=O) groups excluding carboxylic acids is 1. The van der Waals surface area contributed by atoms with Crippen LogP contribution in [0.5, 0.6) is 5.75 Å². The van der Waals surface area contributed by atoms with Gasteiger partial charge in [-0.25, -0.2) is 4.79 Å². The quantitative estimate of drug-likeness (QED) is 0.820. The van der Waals surface area contributed by atoms with Crippen LogP contribution < -0.4 is 10.1 Å². The van der Waals surface area contributed by atoms with Gasteiger partial charge in [0.2, 0.25) is 0 Å². The standard InChI is InChI=1S/C21H25NO3/c1-15(11-12-16-7-4-3-5-8-16)22-17-13-19-18(21(23)24-2)9-6-10-20(19)25-14-17/h3-10,15,17,22H,11-14H2,1-2H3. The normalized spacial score (nSPS) is 17.3. The summed E-state index contributed by atoms with van der Waals surface area (Å²) in [4.78, 5) is 12.0. The second-order valence-corrected chi connectivity index (χ2v) is 6.58. The number of benzene rings is 2. The molecule has 1 N–H and O–H groups in total. The van der Waals surface area contributed by atoms with Gasteiger partial charge < -0.3 is 14.8 Å². The van der Waals surface area contributed by atoms with Gasteiger partial charge in [-0.3, -0.25) is 0 Å². The van der Waals surface area contributed by atoms with E-state index in [1.165, 1.54) is 12.7 Å². The van der Waals surface area contributed by atoms with Crippen molar-refractivity contribution in [1.29, 1.82) is 0 Å². The van der Waals surface area contributed by atoms with Crippen LogP contribution in [-0.2, 0) is 17.6 Å². The molecule has 0 radical (unpaired) electrons. The lowest BCUT2D eigenvalue weighted by atomic mass is 9.96. The highest BCUT2D eigenvalue weighted by atomic mass is 16.5. The molecule has 0 fully saturated rings. The molecule has 0 spiro atoms. The molecule has 2 aromatic rings. The monoisotopic (exact) mass is 339 g/mol. The fraction of sp³-hybridized carbons (Fsp3) is 0.381. The second-order valence-electron chi connectivity index (χ2n) is 6.58. The number of rotatable bonds is 6. The Bertz CT molecular complexity index is 714. The van der Waals surface area contributed by atoms with Crippen LogP contribution in [0.4, 0.5) is 0 Å². The molecule has 1 heterocycles. The van der Waals surface area contributed by atoms with Crippen molar-refractivity contribution in [2.24, 2.45) is 0 Å². The maximum atomic E-state index is 12.0. The van der Waals surface area contributed by atoms with Crippen molar-refractivity contribution >= 4 is 5.97 Å². The summed E-state index contributed by atoms with van der Waals surface area (Å²) in [5.41, 5.74) is 2.89. The Morgan fingerprint density at radius 1 is 1.24 bits per heavy atom. The SMILES string of the molecule is COC(=O)c1cccc2c1CC(NC(C)CCc1ccccc1)CO2. The van der Waals surface area contributed by atoms with Gasteiger partial charge in [-0.05, 0) is 43.9 Å². The summed E-state index contributed by atoms with van der Waals surface area (Å²) < 4.78 is 10.8. The minimum atomic E-state index is -0.307. The van der Waals surface area contributed by atoms with Crippen molar-refractivity contribution in [2.75, 3.05) is 13.7 Å². The molecule has 0 saturated carbocycles. The second kappa shape index (κ2) is 8.17. The molecule has 2 aromatic carbocycles. The molecule has 0 bridgehead atoms. The molecule has 2 atom stereocenters. The van der Waals surface area contributed by atoms with Crippen LogP contribution in [-0.4, -0.2) is 31.8 Å². The van der Waals surface area contributed by atoms with Gasteiger partial charge in [0, 0.05) is 17.6 Å². The Kier molecular flexibility index (Phi) is 5.71. The van der Waals surface area contributed by atoms with Crippen LogP contribution in [0, 0.1) is 0 Å². The molecular formula is C21H25NO3. The molecule has 1 aliphatic heterocycles. The summed E-state index contributed by atoms with van der Waals surface area (Å²) in [6, 6.07) is 16.6. The number of methoxy groups -OCH3 is 1. The van der Waals surface area contributed by atoms with Crippen LogP contribution in [0.2, 0.25) is 0 Å². The molecule has 0 aliphatic carbocycles. The van der Waals surface area contributed by atoms with Crippen LogP contribution in [0.15, 0.2) is 48.5 Å². The third-order valence-corrected chi connectivity index (χ3v) is 4.66. The number of hydrogen-bond donors (Lipinski definition) is 1. The smallest absolute Gasteiger partial charge is 0.338 e. The molecule has 4 heteroatoms. The van der Waals surface area contributed by atoms with Gasteiger partial charge in [0.05, 0.1) is 12.7 Å². The van der Waals surface area contributed by atoms with E-state index in [9.17, 15) is 4.79 Å². The van der Waals surface area contributed by atoms with Gasteiger partial charge in [-0.1, -0.05) is 36.4 Å². The van der Waals surface area contributed by atoms with E-state index in [0.717, 1.165) is 30.6 Å². The van der Waals surface area contributed by atoms with E-state index in [1.807, 2.05) is 18.2 Å². The van der Waals surface area contributed by atoms with Gasteiger partial charge in [-0.2, -0.15) is 0 Å². The first kappa shape index (κ1) is 17.5. The first-order chi connectivity index (χ1) is 12.2. The van der Waals surface area contributed by atoms with Crippen molar-refractivity contribution in [3.05, 3.63) is 65.2 Å². The number of fused-ring (bicyclic) bond motifs is 1. The summed E-state index contributed by atoms with van der Waals surface area (Å²) in [5, 5.41) is 3.64. The Balaban J connectivity index is 1.59. The van der Waals surface area contributed by atoms with Crippen LogP contribution in [0.1, 0.15) is 34.8 Å². The minimum Gasteiger partial charge on any atom is -0.492 e. The summed E-state index contributed by atoms with van der Waals surface area (Å²) in [5.74, 6) is 0.483. The Hall–Kier alpha value is -2.33. The molecule has 0 saturated heterocycles. The first-order valence-corrected chi connectivity index (χ1v) is 8.80. The summed E-state index contributed by atoms with van der Waals surface area (Å²) in [6.07, 6.45) is 2.88. The molecular weight excluding hydrogens is 314 g/mol. The third-order valence-electron chi connectivity index (χ3n) is 4.66. The lowest BCUT2D eigenvalue weighted by molar-refractivity contribution is 0.0597. The number of nitrogens with one attached hydrogen (secondary N) is 1. The number of aryl methyl sites for hydroxylation is 1. The molecule has 25 heavy (non-hydrogen) atoms. The van der Waals surface area contributed by atoms with Crippen molar-refractivity contribution < 1.29 is 14.3 Å². The highest BCUT2D eigenvalue weighted by molar-refractivity contribution is 5.91. The van der Waals surface area contributed by atoms with Crippen molar-refractivity contribution in [1.82, 2.24) is 5.32 Å². The van der Waals surface area contributed by atoms with Gasteiger partial charge in [-0.15, -0.1) is 0 Å². The zero-order valence-electron chi connectivity index (χ0n) is 14.8. The topological polar surface area (TPSA) is 47.6 Å². The van der Waals surface area contributed by atoms with Crippen LogP contribution in [0.25, 0.3) is 0 Å². The van der Waals surface area contributed by atoms with E-state index < -0.39 is 0 Å². The average molecular weight is 339 g/mol. The van der Waals surface area contributed by atoms with Crippen LogP contribution >= 0.6 is 0 Å². The van der Waals surface area contributed by atoms with E-state index in [2.05, 4.69) is 36.5 Å². The molecule has 2 unspecified atom stereocenters. The minimum absolute atomic E-state index is 0.198. The molecule has 3 rings (SSSR count). The fourth-order valence-electron chi connectivity index (χ4n) is 3.33. The highest BCUT2D eigenvalue weighted by Crippen LogP contribution is 2.28. The lowest BCUT2D eigenvalue weighted by Crippen LogP contribution is -2.44. The largest absolute Gasteiger partial charge is 0.492 e. The van der Waals surface area contributed by atoms with E-state index in [0.29, 0.717) is 18.2 Å². The van der Waals surface area contributed by atoms with E-state index in [4.69, 9.17) is 9.47 Å². The number of esters is 1. The van der Waals surface area contributed by atoms with Crippen molar-refractivity contribution in [2.45, 2.75) is 38.3 Å². The number of carbonyl (C=O) groups is 1. The maximum Gasteiger partial charge on any atom is 0.338 e. The number of hydrogen-bond acceptors (Lipinski definition) is 4. The Morgan fingerprint density at radius 2 is 2.04 bits per heavy atom. The van der Waals surface area contributed by atoms with Crippen molar-refractivity contribution in [3.63, 3.8) is 0 Å². The average Bonchev–Trinajstić information content (AvgIpc) is 2.66. The van der Waals surface area contributed by atoms with Crippen molar-refractivity contribution in [3.8, 4) is 5.75 Å². The summed E-state index contributed by atoms with van der Waals surface area (Å²) in [7, 11) is 1.41. The van der Waals surface area contributed by atoms with E-state index in [-0.39, 0.29) is 12.0 Å². The summed E-state index contributed by atoms with van der Waals surface area (Å²) >= 11 is 0. The molecule has 0 aromatic heterocycles. The fourth-order valence-corrected chi connectivity index (χ4v) is 3.33. The maximum absolute atomic E-state index is 12.0. The summed E-state index contributed by atoms with van der Waals surface area (Å²) in [6.45, 7) is 2.82. The zero-order chi connectivity index (χ0) is 17.6. The molecule has 0 amide bonds. The first-order valence-electron chi connectivity index (χ1n) is 8.80. The Labute approximate surface area is 149 Å². The zero-order valence-corrected chi connectivity index (χ0v) is 14.8. The van der Waals surface area contributed by atoms with Gasteiger partial charge in [0.15, 0.2) is 0 Å². The van der Waals surface area contributed by atoms with E-state index >= 15 is 0 Å². The van der Waals surface area contributed by atoms with Gasteiger partial charge in [0.25, 0.3) is 0 Å². The lowest BCUT2D eigenvalue weighted by Gasteiger charge is -2.29. The van der Waals surface area contributed by atoms with E-state index in [1.54, 1.807) is 6.07 Å².